The van der Waals surface area contributed by atoms with E-state index in [-0.39, 0.29) is 0 Å². The molecule has 1 aromatic rings. The lowest BCUT2D eigenvalue weighted by Crippen LogP contribution is -2.13. The van der Waals surface area contributed by atoms with E-state index in [1.165, 1.54) is 121 Å². The van der Waals surface area contributed by atoms with Gasteiger partial charge in [-0.25, -0.2) is 0 Å². The molecule has 1 aromatic carbocycles. The van der Waals surface area contributed by atoms with Crippen molar-refractivity contribution in [1.82, 2.24) is 0 Å². The number of benzene rings is 1. The Morgan fingerprint density at radius 1 is 0.676 bits per heavy atom. The van der Waals surface area contributed by atoms with E-state index < -0.39 is 0 Å². The van der Waals surface area contributed by atoms with Gasteiger partial charge in [0.25, 0.3) is 0 Å². The van der Waals surface area contributed by atoms with Crippen LogP contribution >= 0.6 is 0 Å². The molecule has 1 nitrogen and oxygen atoms in total. The highest BCUT2D eigenvalue weighted by molar-refractivity contribution is 5.30. The fourth-order valence-corrected chi connectivity index (χ4v) is 6.40. The highest BCUT2D eigenvalue weighted by Gasteiger charge is 2.22. The number of unbranched alkanes of at least 4 members (excludes halogenated alkanes) is 6. The van der Waals surface area contributed by atoms with Gasteiger partial charge in [-0.05, 0) is 92.7 Å². The lowest BCUT2D eigenvalue weighted by molar-refractivity contribution is 0.287. The minimum atomic E-state index is 0.708. The molecule has 0 spiro atoms. The van der Waals surface area contributed by atoms with Crippen molar-refractivity contribution in [2.45, 2.75) is 135 Å². The Kier molecular flexibility index (Phi) is 13.2. The van der Waals surface area contributed by atoms with Crippen LogP contribution in [0.2, 0.25) is 0 Å². The zero-order valence-corrected chi connectivity index (χ0v) is 22.6. The van der Waals surface area contributed by atoms with Gasteiger partial charge in [0.05, 0.1) is 0 Å². The quantitative estimate of drug-likeness (QED) is 0.184. The van der Waals surface area contributed by atoms with E-state index in [9.17, 15) is 0 Å². The molecule has 0 N–H and O–H groups in total. The van der Waals surface area contributed by atoms with Gasteiger partial charge < -0.3 is 4.74 Å². The summed E-state index contributed by atoms with van der Waals surface area (Å²) in [5, 5.41) is 0. The topological polar surface area (TPSA) is 9.23 Å². The molecule has 0 atom stereocenters. The van der Waals surface area contributed by atoms with Crippen LogP contribution in [0.25, 0.3) is 0 Å². The van der Waals surface area contributed by atoms with Gasteiger partial charge in [-0.3, -0.25) is 0 Å². The summed E-state index contributed by atoms with van der Waals surface area (Å²) in [6.45, 7) is 5.32. The fraction of sp³-hybridized carbons (Fsp3) is 0.758. The zero-order chi connectivity index (χ0) is 23.8. The van der Waals surface area contributed by atoms with Crippen LogP contribution in [0.3, 0.4) is 0 Å². The summed E-state index contributed by atoms with van der Waals surface area (Å²) in [5.41, 5.74) is 1.53. The molecular formula is C33H54O. The van der Waals surface area contributed by atoms with Crippen LogP contribution in [0.15, 0.2) is 36.4 Å². The lowest BCUT2D eigenvalue weighted by Gasteiger charge is -2.29. The van der Waals surface area contributed by atoms with Crippen molar-refractivity contribution in [1.29, 1.82) is 0 Å². The maximum Gasteiger partial charge on any atom is 0.119 e. The molecule has 1 heteroatoms. The van der Waals surface area contributed by atoms with Crippen molar-refractivity contribution in [2.75, 3.05) is 6.61 Å². The predicted molar refractivity (Wildman–Crippen MR) is 149 cm³/mol. The Morgan fingerprint density at radius 3 is 1.88 bits per heavy atom. The molecule has 0 radical (unpaired) electrons. The van der Waals surface area contributed by atoms with E-state index in [1.807, 2.05) is 0 Å². The maximum absolute atomic E-state index is 6.03. The standard InChI is InChI=1S/C33H54O/c1-3-5-7-8-10-13-28-15-17-30(18-16-28)14-11-27-34-33-25-23-32(24-26-33)31-21-19-29(20-22-31)12-9-6-4-2/h11,14,23-26,28-31H,3-10,12-13,15-22,27H2,1-2H3/b14-11+/t28-,29-,30-,31-. The molecule has 0 amide bonds. The van der Waals surface area contributed by atoms with Crippen molar-refractivity contribution in [3.63, 3.8) is 0 Å². The van der Waals surface area contributed by atoms with Crippen LogP contribution in [-0.2, 0) is 0 Å². The Hall–Kier alpha value is -1.24. The molecule has 192 valence electrons. The summed E-state index contributed by atoms with van der Waals surface area (Å²) in [4.78, 5) is 0. The van der Waals surface area contributed by atoms with Crippen LogP contribution in [0, 0.1) is 17.8 Å². The van der Waals surface area contributed by atoms with Gasteiger partial charge in [0.1, 0.15) is 12.4 Å². The van der Waals surface area contributed by atoms with Crippen molar-refractivity contribution in [3.8, 4) is 5.75 Å². The molecule has 0 unspecified atom stereocenters. The number of ether oxygens (including phenoxy) is 1. The molecule has 0 aliphatic heterocycles. The van der Waals surface area contributed by atoms with E-state index in [0.717, 1.165) is 29.4 Å². The monoisotopic (exact) mass is 466 g/mol. The first-order valence-corrected chi connectivity index (χ1v) is 15.2. The molecular weight excluding hydrogens is 412 g/mol. The first-order valence-electron chi connectivity index (χ1n) is 15.2. The summed E-state index contributed by atoms with van der Waals surface area (Å²) < 4.78 is 6.03. The molecule has 0 saturated heterocycles. The van der Waals surface area contributed by atoms with Gasteiger partial charge in [0.15, 0.2) is 0 Å². The highest BCUT2D eigenvalue weighted by Crippen LogP contribution is 2.38. The second-order valence-corrected chi connectivity index (χ2v) is 11.5. The molecule has 2 aliphatic rings. The largest absolute Gasteiger partial charge is 0.490 e. The van der Waals surface area contributed by atoms with Crippen LogP contribution in [0.5, 0.6) is 5.75 Å². The third kappa shape index (κ3) is 10.2. The molecule has 34 heavy (non-hydrogen) atoms. The highest BCUT2D eigenvalue weighted by atomic mass is 16.5. The predicted octanol–water partition coefficient (Wildman–Crippen LogP) is 10.6. The van der Waals surface area contributed by atoms with Crippen molar-refractivity contribution >= 4 is 0 Å². The first kappa shape index (κ1) is 27.3. The molecule has 0 bridgehead atoms. The first-order chi connectivity index (χ1) is 16.8. The average molecular weight is 467 g/mol. The molecule has 2 fully saturated rings. The van der Waals surface area contributed by atoms with E-state index in [2.05, 4.69) is 50.3 Å². The fourth-order valence-electron chi connectivity index (χ4n) is 6.40. The average Bonchev–Trinajstić information content (AvgIpc) is 2.88. The Bertz CT molecular complexity index is 644. The van der Waals surface area contributed by atoms with Gasteiger partial charge in [-0.15, -0.1) is 0 Å². The molecule has 3 rings (SSSR count). The van der Waals surface area contributed by atoms with E-state index >= 15 is 0 Å². The summed E-state index contributed by atoms with van der Waals surface area (Å²) in [7, 11) is 0. The number of hydrogen-bond donors (Lipinski definition) is 0. The van der Waals surface area contributed by atoms with Gasteiger partial charge >= 0.3 is 0 Å². The van der Waals surface area contributed by atoms with Crippen LogP contribution < -0.4 is 4.74 Å². The van der Waals surface area contributed by atoms with Gasteiger partial charge in [-0.2, -0.15) is 0 Å². The van der Waals surface area contributed by atoms with Crippen LogP contribution in [-0.4, -0.2) is 6.61 Å². The third-order valence-corrected chi connectivity index (χ3v) is 8.78. The second-order valence-electron chi connectivity index (χ2n) is 11.5. The minimum Gasteiger partial charge on any atom is -0.490 e. The lowest BCUT2D eigenvalue weighted by atomic mass is 9.77. The molecule has 2 saturated carbocycles. The van der Waals surface area contributed by atoms with E-state index in [4.69, 9.17) is 4.74 Å². The van der Waals surface area contributed by atoms with Crippen LogP contribution in [0.4, 0.5) is 0 Å². The molecule has 2 aliphatic carbocycles. The summed E-state index contributed by atoms with van der Waals surface area (Å²) in [5.74, 6) is 4.55. The van der Waals surface area contributed by atoms with Crippen molar-refractivity contribution < 1.29 is 4.74 Å². The molecule has 0 aromatic heterocycles. The Morgan fingerprint density at radius 2 is 1.24 bits per heavy atom. The van der Waals surface area contributed by atoms with Crippen molar-refractivity contribution in [3.05, 3.63) is 42.0 Å². The van der Waals surface area contributed by atoms with Gasteiger partial charge in [0, 0.05) is 0 Å². The summed E-state index contributed by atoms with van der Waals surface area (Å²) >= 11 is 0. The van der Waals surface area contributed by atoms with Gasteiger partial charge in [0.2, 0.25) is 0 Å². The molecule has 0 heterocycles. The van der Waals surface area contributed by atoms with Crippen LogP contribution in [0.1, 0.15) is 141 Å². The maximum atomic E-state index is 6.03. The third-order valence-electron chi connectivity index (χ3n) is 8.78. The summed E-state index contributed by atoms with van der Waals surface area (Å²) in [6, 6.07) is 9.04. The van der Waals surface area contributed by atoms with Gasteiger partial charge in [-0.1, -0.05) is 102 Å². The number of hydrogen-bond acceptors (Lipinski definition) is 1. The van der Waals surface area contributed by atoms with Crippen molar-refractivity contribution in [2.24, 2.45) is 17.8 Å². The second kappa shape index (κ2) is 16.4. The smallest absolute Gasteiger partial charge is 0.119 e. The van der Waals surface area contributed by atoms with E-state index in [1.54, 1.807) is 0 Å². The zero-order valence-electron chi connectivity index (χ0n) is 22.6. The number of rotatable bonds is 15. The minimum absolute atomic E-state index is 0.708. The Balaban J connectivity index is 1.27. The SMILES string of the molecule is CCCCCCC[C@H]1CC[C@H](/C=C/COc2ccc([C@H]3CC[C@H](CCCCC)CC3)cc2)CC1. The number of allylic oxidation sites excluding steroid dienone is 1. The Labute approximate surface area is 212 Å². The normalized spacial score (nSPS) is 25.6. The van der Waals surface area contributed by atoms with E-state index in [0.29, 0.717) is 6.61 Å². The summed E-state index contributed by atoms with van der Waals surface area (Å²) in [6.07, 6.45) is 30.2.